The number of rotatable bonds is 10. The van der Waals surface area contributed by atoms with E-state index in [2.05, 4.69) is 9.97 Å². The summed E-state index contributed by atoms with van der Waals surface area (Å²) in [5, 5.41) is 15.2. The number of hydrogen-bond acceptors (Lipinski definition) is 9. The Kier molecular flexibility index (Phi) is 10.5. The molecule has 2 aromatic heterocycles. The lowest BCUT2D eigenvalue weighted by Crippen LogP contribution is -2.43. The van der Waals surface area contributed by atoms with Crippen LogP contribution in [0.15, 0.2) is 66.5 Å². The summed E-state index contributed by atoms with van der Waals surface area (Å²) in [5.74, 6) is 0.0218. The van der Waals surface area contributed by atoms with Crippen LogP contribution in [0.2, 0.25) is 0 Å². The van der Waals surface area contributed by atoms with Gasteiger partial charge in [-0.1, -0.05) is 25.1 Å². The summed E-state index contributed by atoms with van der Waals surface area (Å²) in [6, 6.07) is 14.7. The van der Waals surface area contributed by atoms with E-state index >= 15 is 4.39 Å². The van der Waals surface area contributed by atoms with Crippen molar-refractivity contribution in [2.75, 3.05) is 18.8 Å². The second-order valence-electron chi connectivity index (χ2n) is 12.9. The molecule has 2 atom stereocenters. The van der Waals surface area contributed by atoms with Gasteiger partial charge >= 0.3 is 6.09 Å². The van der Waals surface area contributed by atoms with Gasteiger partial charge in [-0.25, -0.2) is 23.8 Å². The van der Waals surface area contributed by atoms with Gasteiger partial charge in [0.2, 0.25) is 0 Å². The van der Waals surface area contributed by atoms with Gasteiger partial charge in [0.15, 0.2) is 5.65 Å². The number of fused-ring (bicyclic) bond motifs is 1. The van der Waals surface area contributed by atoms with Crippen LogP contribution < -0.4 is 10.5 Å². The second kappa shape index (κ2) is 14.7. The first kappa shape index (κ1) is 34.8. The molecule has 0 aliphatic carbocycles. The summed E-state index contributed by atoms with van der Waals surface area (Å²) in [7, 11) is 0. The van der Waals surface area contributed by atoms with E-state index in [0.717, 1.165) is 0 Å². The molecule has 4 aromatic rings. The largest absolute Gasteiger partial charge is 0.457 e. The third-order valence-corrected chi connectivity index (χ3v) is 8.10. The molecule has 2 amide bonds. The predicted molar refractivity (Wildman–Crippen MR) is 183 cm³/mol. The summed E-state index contributed by atoms with van der Waals surface area (Å²) in [4.78, 5) is 38.4. The van der Waals surface area contributed by atoms with Crippen molar-refractivity contribution in [2.45, 2.75) is 78.1 Å². The van der Waals surface area contributed by atoms with Gasteiger partial charge in [-0.05, 0) is 77.3 Å². The van der Waals surface area contributed by atoms with Crippen molar-refractivity contribution in [3.63, 3.8) is 0 Å². The van der Waals surface area contributed by atoms with Crippen LogP contribution in [0.5, 0.6) is 11.5 Å². The molecule has 1 aliphatic rings. The van der Waals surface area contributed by atoms with Crippen molar-refractivity contribution >= 4 is 28.9 Å². The fourth-order valence-corrected chi connectivity index (χ4v) is 5.88. The maximum atomic E-state index is 15.6. The van der Waals surface area contributed by atoms with Gasteiger partial charge < -0.3 is 25.0 Å². The zero-order chi connectivity index (χ0) is 35.3. The maximum Gasteiger partial charge on any atom is 0.410 e. The Hall–Kier alpha value is -5.51. The molecule has 3 heterocycles. The number of likely N-dealkylation sites (tertiary alicyclic amines) is 1. The normalized spacial score (nSPS) is 15.6. The Morgan fingerprint density at radius 1 is 1.18 bits per heavy atom. The molecule has 0 saturated carbocycles. The number of anilines is 1. The maximum absolute atomic E-state index is 15.6. The van der Waals surface area contributed by atoms with Gasteiger partial charge in [0, 0.05) is 24.7 Å². The lowest BCUT2D eigenvalue weighted by atomic mass is 10.1. The molecule has 0 spiro atoms. The second-order valence-corrected chi connectivity index (χ2v) is 12.9. The van der Waals surface area contributed by atoms with Gasteiger partial charge in [-0.15, -0.1) is 0 Å². The zero-order valence-electron chi connectivity index (χ0n) is 28.4. The molecule has 49 heavy (non-hydrogen) atoms. The van der Waals surface area contributed by atoms with Crippen LogP contribution >= 0.6 is 0 Å². The first-order chi connectivity index (χ1) is 23.4. The molecule has 1 saturated heterocycles. The topological polar surface area (TPSA) is 152 Å². The van der Waals surface area contributed by atoms with Gasteiger partial charge in [0.1, 0.15) is 52.4 Å². The van der Waals surface area contributed by atoms with Crippen LogP contribution in [0.3, 0.4) is 0 Å². The van der Waals surface area contributed by atoms with Crippen molar-refractivity contribution in [1.82, 2.24) is 29.5 Å². The van der Waals surface area contributed by atoms with Gasteiger partial charge in [-0.2, -0.15) is 10.4 Å². The average Bonchev–Trinajstić information content (AvgIpc) is 3.67. The zero-order valence-corrected chi connectivity index (χ0v) is 28.4. The standard InChI is InChI=1S/C36H41FN8O4/c1-6-16-43(35(47)49-36(3,4)5)23(2)18-24(20-38)34(46)44-17-10-11-25(44)21-45-33-30(32(39)40-22-41-33)31(42-45)28-15-14-27(19-29(28)37)48-26-12-8-7-9-13-26/h7-9,12-15,18-19,22-23,25H,6,10-11,16-17,21H2,1-5H3,(H2,39,40,41)/t23?,25-/m0/s1. The van der Waals surface area contributed by atoms with E-state index in [9.17, 15) is 14.9 Å². The van der Waals surface area contributed by atoms with Crippen LogP contribution in [0.4, 0.5) is 15.0 Å². The quantitative estimate of drug-likeness (QED) is 0.148. The van der Waals surface area contributed by atoms with E-state index in [1.165, 1.54) is 23.4 Å². The summed E-state index contributed by atoms with van der Waals surface area (Å²) < 4.78 is 28.6. The Bertz CT molecular complexity index is 1900. The number of nitrogen functional groups attached to an aromatic ring is 1. The third-order valence-electron chi connectivity index (χ3n) is 8.10. The molecular formula is C36H41FN8O4. The monoisotopic (exact) mass is 668 g/mol. The summed E-state index contributed by atoms with van der Waals surface area (Å²) in [6.45, 7) is 10.1. The van der Waals surface area contributed by atoms with Crippen molar-refractivity contribution in [2.24, 2.45) is 0 Å². The summed E-state index contributed by atoms with van der Waals surface area (Å²) in [5.41, 5.74) is 6.36. The molecule has 12 nitrogen and oxygen atoms in total. The lowest BCUT2D eigenvalue weighted by Gasteiger charge is -2.30. The molecule has 1 aliphatic heterocycles. The van der Waals surface area contributed by atoms with Crippen LogP contribution in [-0.4, -0.2) is 72.3 Å². The van der Waals surface area contributed by atoms with Crippen LogP contribution in [0.1, 0.15) is 53.9 Å². The Balaban J connectivity index is 1.40. The van der Waals surface area contributed by atoms with E-state index in [0.29, 0.717) is 54.9 Å². The molecule has 2 aromatic carbocycles. The fraction of sp³-hybridized carbons (Fsp3) is 0.389. The molecule has 0 bridgehead atoms. The highest BCUT2D eigenvalue weighted by molar-refractivity contribution is 5.99. The number of carbonyl (C=O) groups is 2. The number of aromatic nitrogens is 4. The van der Waals surface area contributed by atoms with E-state index < -0.39 is 29.5 Å². The molecule has 13 heteroatoms. The van der Waals surface area contributed by atoms with Gasteiger partial charge in [0.05, 0.1) is 24.0 Å². The minimum atomic E-state index is -0.693. The van der Waals surface area contributed by atoms with Crippen molar-refractivity contribution in [1.29, 1.82) is 5.26 Å². The van der Waals surface area contributed by atoms with Crippen LogP contribution in [0, 0.1) is 17.1 Å². The fourth-order valence-electron chi connectivity index (χ4n) is 5.88. The molecule has 256 valence electrons. The SMILES string of the molecule is CCCN(C(=O)OC(C)(C)C)C(C)C=C(C#N)C(=O)N1CCC[C@H]1Cn1nc(-c2ccc(Oc3ccccc3)cc2F)c2c(N)ncnc21. The van der Waals surface area contributed by atoms with Gasteiger partial charge in [0.25, 0.3) is 5.91 Å². The number of halogens is 1. The molecule has 5 rings (SSSR count). The minimum absolute atomic E-state index is 0.0680. The highest BCUT2D eigenvalue weighted by Gasteiger charge is 2.33. The number of nitriles is 1. The van der Waals surface area contributed by atoms with E-state index in [1.54, 1.807) is 61.5 Å². The Labute approximate surface area is 284 Å². The van der Waals surface area contributed by atoms with E-state index in [1.807, 2.05) is 31.2 Å². The molecule has 1 fully saturated rings. The summed E-state index contributed by atoms with van der Waals surface area (Å²) in [6.07, 6.45) is 4.35. The Morgan fingerprint density at radius 3 is 2.61 bits per heavy atom. The predicted octanol–water partition coefficient (Wildman–Crippen LogP) is 6.48. The third kappa shape index (κ3) is 7.97. The number of ether oxygens (including phenoxy) is 2. The number of para-hydroxylation sites is 1. The number of nitrogens with two attached hydrogens (primary N) is 1. The van der Waals surface area contributed by atoms with E-state index in [-0.39, 0.29) is 35.2 Å². The molecule has 1 unspecified atom stereocenters. The highest BCUT2D eigenvalue weighted by atomic mass is 19.1. The number of amides is 2. The first-order valence-corrected chi connectivity index (χ1v) is 16.3. The minimum Gasteiger partial charge on any atom is -0.457 e. The first-order valence-electron chi connectivity index (χ1n) is 16.3. The number of hydrogen-bond donors (Lipinski definition) is 1. The molecule has 2 N–H and O–H groups in total. The lowest BCUT2D eigenvalue weighted by molar-refractivity contribution is -0.127. The van der Waals surface area contributed by atoms with Crippen LogP contribution in [-0.2, 0) is 16.1 Å². The van der Waals surface area contributed by atoms with Gasteiger partial charge in [-0.3, -0.25) is 4.79 Å². The molecular weight excluding hydrogens is 627 g/mol. The number of benzene rings is 2. The Morgan fingerprint density at radius 2 is 1.94 bits per heavy atom. The van der Waals surface area contributed by atoms with Crippen LogP contribution in [0.25, 0.3) is 22.3 Å². The smallest absolute Gasteiger partial charge is 0.410 e. The summed E-state index contributed by atoms with van der Waals surface area (Å²) >= 11 is 0. The highest BCUT2D eigenvalue weighted by Crippen LogP contribution is 2.35. The molecule has 0 radical (unpaired) electrons. The number of nitrogens with zero attached hydrogens (tertiary/aromatic N) is 7. The average molecular weight is 669 g/mol. The number of carbonyl (C=O) groups excluding carboxylic acids is 2. The van der Waals surface area contributed by atoms with Crippen molar-refractivity contribution < 1.29 is 23.5 Å². The van der Waals surface area contributed by atoms with Crippen molar-refractivity contribution in [3.8, 4) is 28.8 Å². The van der Waals surface area contributed by atoms with Crippen molar-refractivity contribution in [3.05, 3.63) is 72.3 Å². The van der Waals surface area contributed by atoms with E-state index in [4.69, 9.17) is 20.3 Å².